The second-order valence-corrected chi connectivity index (χ2v) is 8.59. The summed E-state index contributed by atoms with van der Waals surface area (Å²) in [6.45, 7) is 5.02. The van der Waals surface area contributed by atoms with Crippen LogP contribution in [0.25, 0.3) is 0 Å². The van der Waals surface area contributed by atoms with Gasteiger partial charge in [0.05, 0.1) is 17.6 Å². The average molecular weight is 395 g/mol. The third-order valence-electron chi connectivity index (χ3n) is 3.44. The number of sulfonamides is 1. The van der Waals surface area contributed by atoms with Crippen LogP contribution < -0.4 is 9.46 Å². The normalized spacial score (nSPS) is 11.9. The SMILES string of the molecule is COc1ccc(F)cc1COC(=O)c1ccc(S(=O)(=O)NC(C)(C)C)cc1. The number of nitrogens with one attached hydrogen (secondary N) is 1. The molecule has 146 valence electrons. The van der Waals surface area contributed by atoms with Gasteiger partial charge in [0, 0.05) is 11.1 Å². The summed E-state index contributed by atoms with van der Waals surface area (Å²) in [6.07, 6.45) is 0. The summed E-state index contributed by atoms with van der Waals surface area (Å²) in [6, 6.07) is 9.29. The Morgan fingerprint density at radius 1 is 1.11 bits per heavy atom. The zero-order chi connectivity index (χ0) is 20.2. The fourth-order valence-electron chi connectivity index (χ4n) is 2.32. The highest BCUT2D eigenvalue weighted by Gasteiger charge is 2.22. The van der Waals surface area contributed by atoms with E-state index in [0.717, 1.165) is 0 Å². The summed E-state index contributed by atoms with van der Waals surface area (Å²) in [4.78, 5) is 12.2. The van der Waals surface area contributed by atoms with Gasteiger partial charge in [0.25, 0.3) is 0 Å². The van der Waals surface area contributed by atoms with Gasteiger partial charge in [-0.1, -0.05) is 0 Å². The van der Waals surface area contributed by atoms with Crippen LogP contribution in [-0.2, 0) is 21.4 Å². The van der Waals surface area contributed by atoms with E-state index in [1.54, 1.807) is 20.8 Å². The molecule has 0 bridgehead atoms. The minimum atomic E-state index is -3.69. The largest absolute Gasteiger partial charge is 0.496 e. The van der Waals surface area contributed by atoms with Crippen molar-refractivity contribution in [1.82, 2.24) is 4.72 Å². The van der Waals surface area contributed by atoms with Gasteiger partial charge in [0.2, 0.25) is 10.0 Å². The molecular formula is C19H22FNO5S. The Balaban J connectivity index is 2.09. The smallest absolute Gasteiger partial charge is 0.338 e. The first-order valence-corrected chi connectivity index (χ1v) is 9.64. The highest BCUT2D eigenvalue weighted by atomic mass is 32.2. The van der Waals surface area contributed by atoms with Gasteiger partial charge in [-0.2, -0.15) is 0 Å². The summed E-state index contributed by atoms with van der Waals surface area (Å²) in [7, 11) is -2.26. The Kier molecular flexibility index (Phi) is 6.22. The third-order valence-corrected chi connectivity index (χ3v) is 5.22. The van der Waals surface area contributed by atoms with Crippen molar-refractivity contribution in [2.45, 2.75) is 37.8 Å². The van der Waals surface area contributed by atoms with E-state index in [-0.39, 0.29) is 17.1 Å². The molecular weight excluding hydrogens is 373 g/mol. The fraction of sp³-hybridized carbons (Fsp3) is 0.316. The highest BCUT2D eigenvalue weighted by Crippen LogP contribution is 2.21. The number of carbonyl (C=O) groups is 1. The highest BCUT2D eigenvalue weighted by molar-refractivity contribution is 7.89. The Morgan fingerprint density at radius 2 is 1.74 bits per heavy atom. The maximum absolute atomic E-state index is 13.3. The number of carbonyl (C=O) groups excluding carboxylic acids is 1. The van der Waals surface area contributed by atoms with Crippen LogP contribution in [0.5, 0.6) is 5.75 Å². The van der Waals surface area contributed by atoms with Crippen LogP contribution in [0.2, 0.25) is 0 Å². The van der Waals surface area contributed by atoms with Crippen molar-refractivity contribution < 1.29 is 27.1 Å². The lowest BCUT2D eigenvalue weighted by molar-refractivity contribution is 0.0469. The van der Waals surface area contributed by atoms with Crippen LogP contribution in [0.4, 0.5) is 4.39 Å². The van der Waals surface area contributed by atoms with Crippen molar-refractivity contribution in [2.24, 2.45) is 0 Å². The van der Waals surface area contributed by atoms with Crippen LogP contribution in [0, 0.1) is 5.82 Å². The molecule has 0 amide bonds. The summed E-state index contributed by atoms with van der Waals surface area (Å²) >= 11 is 0. The maximum atomic E-state index is 13.3. The van der Waals surface area contributed by atoms with Crippen LogP contribution in [0.15, 0.2) is 47.4 Å². The second kappa shape index (κ2) is 8.06. The van der Waals surface area contributed by atoms with Gasteiger partial charge in [0.1, 0.15) is 18.2 Å². The van der Waals surface area contributed by atoms with Gasteiger partial charge in [-0.25, -0.2) is 22.3 Å². The number of ether oxygens (including phenoxy) is 2. The summed E-state index contributed by atoms with van der Waals surface area (Å²) in [5.74, 6) is -0.726. The van der Waals surface area contributed by atoms with Gasteiger partial charge < -0.3 is 9.47 Å². The van der Waals surface area contributed by atoms with Crippen LogP contribution >= 0.6 is 0 Å². The number of rotatable bonds is 6. The molecule has 2 aromatic carbocycles. The molecule has 0 aliphatic carbocycles. The van der Waals surface area contributed by atoms with E-state index >= 15 is 0 Å². The lowest BCUT2D eigenvalue weighted by Gasteiger charge is -2.20. The number of methoxy groups -OCH3 is 1. The monoisotopic (exact) mass is 395 g/mol. The Morgan fingerprint density at radius 3 is 2.30 bits per heavy atom. The van der Waals surface area contributed by atoms with Crippen molar-refractivity contribution in [2.75, 3.05) is 7.11 Å². The lowest BCUT2D eigenvalue weighted by atomic mass is 10.1. The maximum Gasteiger partial charge on any atom is 0.338 e. The molecule has 0 unspecified atom stereocenters. The minimum absolute atomic E-state index is 0.0424. The summed E-state index contributed by atoms with van der Waals surface area (Å²) in [5.41, 5.74) is -0.0556. The van der Waals surface area contributed by atoms with E-state index in [1.165, 1.54) is 49.6 Å². The van der Waals surface area contributed by atoms with E-state index in [2.05, 4.69) is 4.72 Å². The summed E-state index contributed by atoms with van der Waals surface area (Å²) in [5, 5.41) is 0. The van der Waals surface area contributed by atoms with Crippen molar-refractivity contribution in [3.63, 3.8) is 0 Å². The first kappa shape index (κ1) is 20.9. The zero-order valence-corrected chi connectivity index (χ0v) is 16.4. The van der Waals surface area contributed by atoms with Crippen molar-refractivity contribution in [1.29, 1.82) is 0 Å². The van der Waals surface area contributed by atoms with Crippen molar-refractivity contribution >= 4 is 16.0 Å². The topological polar surface area (TPSA) is 81.7 Å². The molecule has 0 aliphatic rings. The number of esters is 1. The molecule has 0 aromatic heterocycles. The zero-order valence-electron chi connectivity index (χ0n) is 15.6. The molecule has 0 saturated carbocycles. The Hall–Kier alpha value is -2.45. The molecule has 0 heterocycles. The van der Waals surface area contributed by atoms with E-state index < -0.39 is 27.3 Å². The molecule has 0 atom stereocenters. The minimum Gasteiger partial charge on any atom is -0.496 e. The van der Waals surface area contributed by atoms with Gasteiger partial charge in [-0.15, -0.1) is 0 Å². The third kappa shape index (κ3) is 5.77. The molecule has 6 nitrogen and oxygen atoms in total. The number of hydrogen-bond donors (Lipinski definition) is 1. The van der Waals surface area contributed by atoms with E-state index in [9.17, 15) is 17.6 Å². The molecule has 0 aliphatic heterocycles. The first-order valence-electron chi connectivity index (χ1n) is 8.15. The standard InChI is InChI=1S/C19H22FNO5S/c1-19(2,3)21-27(23,24)16-8-5-13(6-9-16)18(22)26-12-14-11-15(20)7-10-17(14)25-4/h5-11,21H,12H2,1-4H3. The van der Waals surface area contributed by atoms with E-state index in [0.29, 0.717) is 11.3 Å². The van der Waals surface area contributed by atoms with Gasteiger partial charge >= 0.3 is 5.97 Å². The predicted molar refractivity (Wildman–Crippen MR) is 98.6 cm³/mol. The molecule has 0 saturated heterocycles. The fourth-order valence-corrected chi connectivity index (χ4v) is 3.74. The molecule has 2 rings (SSSR count). The molecule has 2 aromatic rings. The predicted octanol–water partition coefficient (Wildman–Crippen LogP) is 3.27. The first-order chi connectivity index (χ1) is 12.5. The van der Waals surface area contributed by atoms with Crippen LogP contribution in [0.1, 0.15) is 36.7 Å². The second-order valence-electron chi connectivity index (χ2n) is 6.91. The molecule has 0 spiro atoms. The van der Waals surface area contributed by atoms with Gasteiger partial charge in [-0.05, 0) is 63.2 Å². The summed E-state index contributed by atoms with van der Waals surface area (Å²) < 4.78 is 50.7. The van der Waals surface area contributed by atoms with E-state index in [1.807, 2.05) is 0 Å². The number of hydrogen-bond acceptors (Lipinski definition) is 5. The average Bonchev–Trinajstić information content (AvgIpc) is 2.58. The van der Waals surface area contributed by atoms with Crippen molar-refractivity contribution in [3.05, 3.63) is 59.4 Å². The quantitative estimate of drug-likeness (QED) is 0.759. The molecule has 8 heteroatoms. The van der Waals surface area contributed by atoms with Gasteiger partial charge in [0.15, 0.2) is 0 Å². The van der Waals surface area contributed by atoms with Crippen molar-refractivity contribution in [3.8, 4) is 5.75 Å². The van der Waals surface area contributed by atoms with Crippen LogP contribution in [0.3, 0.4) is 0 Å². The van der Waals surface area contributed by atoms with E-state index in [4.69, 9.17) is 9.47 Å². The Labute approximate surface area is 158 Å². The number of benzene rings is 2. The number of halogens is 1. The molecule has 1 N–H and O–H groups in total. The van der Waals surface area contributed by atoms with Gasteiger partial charge in [-0.3, -0.25) is 0 Å². The molecule has 27 heavy (non-hydrogen) atoms. The lowest BCUT2D eigenvalue weighted by Crippen LogP contribution is -2.40. The van der Waals surface area contributed by atoms with Crippen LogP contribution in [-0.4, -0.2) is 27.0 Å². The molecule has 0 radical (unpaired) electrons. The molecule has 0 fully saturated rings. The Bertz CT molecular complexity index is 918.